The topological polar surface area (TPSA) is 50.8 Å². The molecule has 0 bridgehead atoms. The highest BCUT2D eigenvalue weighted by molar-refractivity contribution is 5.78. The average Bonchev–Trinajstić information content (AvgIpc) is 3.06. The molecule has 0 aromatic heterocycles. The number of carbonyl (C=O) groups excluding carboxylic acids is 1. The van der Waals surface area contributed by atoms with E-state index in [0.717, 1.165) is 26.2 Å². The van der Waals surface area contributed by atoms with Crippen molar-refractivity contribution in [3.63, 3.8) is 0 Å². The van der Waals surface area contributed by atoms with Crippen LogP contribution in [0.15, 0.2) is 24.3 Å². The lowest BCUT2D eigenvalue weighted by Gasteiger charge is -2.18. The normalized spacial score (nSPS) is 24.6. The molecule has 0 spiro atoms. The minimum Gasteiger partial charge on any atom is -0.493 e. The van der Waals surface area contributed by atoms with Crippen LogP contribution in [0.2, 0.25) is 0 Å². The number of likely N-dealkylation sites (tertiary alicyclic amines) is 1. The number of hydrogen-bond acceptors (Lipinski definition) is 4. The van der Waals surface area contributed by atoms with Gasteiger partial charge in [0.15, 0.2) is 18.1 Å². The van der Waals surface area contributed by atoms with Crippen LogP contribution in [0.1, 0.15) is 0 Å². The Morgan fingerprint density at radius 3 is 2.55 bits per heavy atom. The standard InChI is InChI=1S/C15H20N2O3/c1-19-13-4-2-3-5-14(13)20-10-15(18)17-8-11-6-16-7-12(11)9-17/h2-5,11-12,16H,6-10H2,1H3/t11-,12+. The molecule has 0 saturated carbocycles. The first-order valence-electron chi connectivity index (χ1n) is 7.02. The third-order valence-corrected chi connectivity index (χ3v) is 4.16. The van der Waals surface area contributed by atoms with E-state index in [1.165, 1.54) is 0 Å². The Morgan fingerprint density at radius 2 is 1.90 bits per heavy atom. The second-order valence-electron chi connectivity index (χ2n) is 5.42. The van der Waals surface area contributed by atoms with E-state index in [0.29, 0.717) is 23.3 Å². The Morgan fingerprint density at radius 1 is 1.25 bits per heavy atom. The van der Waals surface area contributed by atoms with Gasteiger partial charge in [0.25, 0.3) is 5.91 Å². The third-order valence-electron chi connectivity index (χ3n) is 4.16. The van der Waals surface area contributed by atoms with Gasteiger partial charge >= 0.3 is 0 Å². The van der Waals surface area contributed by atoms with Gasteiger partial charge < -0.3 is 19.7 Å². The SMILES string of the molecule is COc1ccccc1OCC(=O)N1C[C@H]2CNC[C@H]2C1. The maximum absolute atomic E-state index is 12.2. The highest BCUT2D eigenvalue weighted by Crippen LogP contribution is 2.28. The minimum atomic E-state index is 0.0605. The summed E-state index contributed by atoms with van der Waals surface area (Å²) >= 11 is 0. The molecule has 2 fully saturated rings. The van der Waals surface area contributed by atoms with Crippen LogP contribution >= 0.6 is 0 Å². The fraction of sp³-hybridized carbons (Fsp3) is 0.533. The summed E-state index contributed by atoms with van der Waals surface area (Å²) in [6.07, 6.45) is 0. The van der Waals surface area contributed by atoms with Gasteiger partial charge in [0.05, 0.1) is 7.11 Å². The number of rotatable bonds is 4. The second kappa shape index (κ2) is 5.71. The van der Waals surface area contributed by atoms with Gasteiger partial charge in [-0.2, -0.15) is 0 Å². The minimum absolute atomic E-state index is 0.0605. The van der Waals surface area contributed by atoms with Crippen LogP contribution in [0, 0.1) is 11.8 Å². The number of para-hydroxylation sites is 2. The lowest BCUT2D eigenvalue weighted by Crippen LogP contribution is -2.35. The molecule has 1 N–H and O–H groups in total. The zero-order valence-corrected chi connectivity index (χ0v) is 11.7. The first-order chi connectivity index (χ1) is 9.78. The van der Waals surface area contributed by atoms with Crippen molar-refractivity contribution < 1.29 is 14.3 Å². The molecule has 0 radical (unpaired) electrons. The van der Waals surface area contributed by atoms with E-state index in [2.05, 4.69) is 5.32 Å². The Kier molecular flexibility index (Phi) is 3.78. The Hall–Kier alpha value is -1.75. The quantitative estimate of drug-likeness (QED) is 0.882. The summed E-state index contributed by atoms with van der Waals surface area (Å²) in [5.74, 6) is 2.56. The lowest BCUT2D eigenvalue weighted by atomic mass is 10.0. The molecule has 2 heterocycles. The molecular formula is C15H20N2O3. The third kappa shape index (κ3) is 2.58. The first-order valence-corrected chi connectivity index (χ1v) is 7.02. The van der Waals surface area contributed by atoms with E-state index in [1.54, 1.807) is 7.11 Å². The molecule has 20 heavy (non-hydrogen) atoms. The largest absolute Gasteiger partial charge is 0.493 e. The molecule has 1 aromatic rings. The van der Waals surface area contributed by atoms with Crippen LogP contribution in [0.25, 0.3) is 0 Å². The van der Waals surface area contributed by atoms with Crippen molar-refractivity contribution in [2.45, 2.75) is 0 Å². The molecule has 2 atom stereocenters. The number of fused-ring (bicyclic) bond motifs is 1. The fourth-order valence-corrected chi connectivity index (χ4v) is 3.03. The fourth-order valence-electron chi connectivity index (χ4n) is 3.03. The molecular weight excluding hydrogens is 256 g/mol. The van der Waals surface area contributed by atoms with Gasteiger partial charge in [0.1, 0.15) is 0 Å². The average molecular weight is 276 g/mol. The van der Waals surface area contributed by atoms with Crippen molar-refractivity contribution in [1.29, 1.82) is 0 Å². The summed E-state index contributed by atoms with van der Waals surface area (Å²) in [4.78, 5) is 14.1. The van der Waals surface area contributed by atoms with Crippen LogP contribution in [0.4, 0.5) is 0 Å². The highest BCUT2D eigenvalue weighted by atomic mass is 16.5. The smallest absolute Gasteiger partial charge is 0.260 e. The molecule has 2 aliphatic rings. The Labute approximate surface area is 118 Å². The molecule has 0 unspecified atom stereocenters. The summed E-state index contributed by atoms with van der Waals surface area (Å²) in [5, 5.41) is 3.37. The van der Waals surface area contributed by atoms with Crippen molar-refractivity contribution in [1.82, 2.24) is 10.2 Å². The number of nitrogens with zero attached hydrogens (tertiary/aromatic N) is 1. The molecule has 1 amide bonds. The van der Waals surface area contributed by atoms with Crippen molar-refractivity contribution in [3.05, 3.63) is 24.3 Å². The van der Waals surface area contributed by atoms with Gasteiger partial charge in [0, 0.05) is 26.2 Å². The van der Waals surface area contributed by atoms with Crippen molar-refractivity contribution in [3.8, 4) is 11.5 Å². The van der Waals surface area contributed by atoms with Crippen molar-refractivity contribution in [2.75, 3.05) is 39.9 Å². The van der Waals surface area contributed by atoms with Gasteiger partial charge in [-0.15, -0.1) is 0 Å². The zero-order valence-electron chi connectivity index (χ0n) is 11.7. The van der Waals surface area contributed by atoms with Gasteiger partial charge in [0.2, 0.25) is 0 Å². The van der Waals surface area contributed by atoms with E-state index >= 15 is 0 Å². The number of carbonyl (C=O) groups is 1. The number of amides is 1. The monoisotopic (exact) mass is 276 g/mol. The maximum Gasteiger partial charge on any atom is 0.260 e. The second-order valence-corrected chi connectivity index (χ2v) is 5.42. The van der Waals surface area contributed by atoms with E-state index in [9.17, 15) is 4.79 Å². The van der Waals surface area contributed by atoms with Gasteiger partial charge in [-0.3, -0.25) is 4.79 Å². The van der Waals surface area contributed by atoms with Crippen LogP contribution in [0.3, 0.4) is 0 Å². The Balaban J connectivity index is 1.55. The number of methoxy groups -OCH3 is 1. The molecule has 5 nitrogen and oxygen atoms in total. The van der Waals surface area contributed by atoms with Crippen LogP contribution in [0.5, 0.6) is 11.5 Å². The zero-order chi connectivity index (χ0) is 13.9. The Bertz CT molecular complexity index is 480. The lowest BCUT2D eigenvalue weighted by molar-refractivity contribution is -0.132. The molecule has 5 heteroatoms. The van der Waals surface area contributed by atoms with Gasteiger partial charge in [-0.05, 0) is 24.0 Å². The molecule has 0 aliphatic carbocycles. The molecule has 108 valence electrons. The molecule has 3 rings (SSSR count). The highest BCUT2D eigenvalue weighted by Gasteiger charge is 2.37. The number of hydrogen-bond donors (Lipinski definition) is 1. The molecule has 2 aliphatic heterocycles. The van der Waals surface area contributed by atoms with Gasteiger partial charge in [-0.1, -0.05) is 12.1 Å². The van der Waals surface area contributed by atoms with E-state index in [-0.39, 0.29) is 12.5 Å². The van der Waals surface area contributed by atoms with E-state index in [1.807, 2.05) is 29.2 Å². The van der Waals surface area contributed by atoms with E-state index < -0.39 is 0 Å². The predicted octanol–water partition coefficient (Wildman–Crippen LogP) is 0.752. The van der Waals surface area contributed by atoms with Gasteiger partial charge in [-0.25, -0.2) is 0 Å². The number of nitrogens with one attached hydrogen (secondary N) is 1. The molecule has 2 saturated heterocycles. The summed E-state index contributed by atoms with van der Waals surface area (Å²) in [6.45, 7) is 3.84. The van der Waals surface area contributed by atoms with Crippen molar-refractivity contribution >= 4 is 5.91 Å². The van der Waals surface area contributed by atoms with Crippen LogP contribution < -0.4 is 14.8 Å². The predicted molar refractivity (Wildman–Crippen MR) is 74.9 cm³/mol. The van der Waals surface area contributed by atoms with Crippen molar-refractivity contribution in [2.24, 2.45) is 11.8 Å². The number of benzene rings is 1. The summed E-state index contributed by atoms with van der Waals surface area (Å²) in [7, 11) is 1.60. The first kappa shape index (κ1) is 13.2. The van der Waals surface area contributed by atoms with E-state index in [4.69, 9.17) is 9.47 Å². The summed E-state index contributed by atoms with van der Waals surface area (Å²) in [5.41, 5.74) is 0. The summed E-state index contributed by atoms with van der Waals surface area (Å²) < 4.78 is 10.8. The number of ether oxygens (including phenoxy) is 2. The van der Waals surface area contributed by atoms with Crippen LogP contribution in [-0.2, 0) is 4.79 Å². The molecule has 1 aromatic carbocycles. The van der Waals surface area contributed by atoms with Crippen LogP contribution in [-0.4, -0.2) is 50.7 Å². The summed E-state index contributed by atoms with van der Waals surface area (Å²) in [6, 6.07) is 7.39. The maximum atomic E-state index is 12.2.